The van der Waals surface area contributed by atoms with E-state index in [-0.39, 0.29) is 43.8 Å². The lowest BCUT2D eigenvalue weighted by molar-refractivity contribution is -0.141. The van der Waals surface area contributed by atoms with Gasteiger partial charge < -0.3 is 10.2 Å². The molecule has 0 unspecified atom stereocenters. The van der Waals surface area contributed by atoms with Crippen LogP contribution in [0.25, 0.3) is 0 Å². The molecule has 0 bridgehead atoms. The summed E-state index contributed by atoms with van der Waals surface area (Å²) in [5, 5.41) is 3.66. The molecule has 0 aliphatic carbocycles. The van der Waals surface area contributed by atoms with Gasteiger partial charge in [0.05, 0.1) is 22.0 Å². The SMILES string of the molecule is CC[C@H](C(=O)N[C@@H](C)CC)N(Cc1ccc(Cl)c(Cl)c1)C(=O)CCCN(c1ccc(F)cc1)S(C)(=O)=O. The summed E-state index contributed by atoms with van der Waals surface area (Å²) in [6.45, 7) is 5.84. The molecular formula is C26H34Cl2FN3O4S. The molecule has 0 saturated heterocycles. The molecule has 7 nitrogen and oxygen atoms in total. The summed E-state index contributed by atoms with van der Waals surface area (Å²) >= 11 is 12.2. The molecule has 37 heavy (non-hydrogen) atoms. The molecule has 0 saturated carbocycles. The van der Waals surface area contributed by atoms with Crippen molar-refractivity contribution in [2.24, 2.45) is 0 Å². The number of nitrogens with zero attached hydrogens (tertiary/aromatic N) is 2. The Bertz CT molecular complexity index is 1180. The van der Waals surface area contributed by atoms with E-state index in [9.17, 15) is 22.4 Å². The zero-order chi connectivity index (χ0) is 27.8. The van der Waals surface area contributed by atoms with E-state index < -0.39 is 21.9 Å². The van der Waals surface area contributed by atoms with Gasteiger partial charge in [-0.2, -0.15) is 0 Å². The van der Waals surface area contributed by atoms with Crippen LogP contribution in [0, 0.1) is 5.82 Å². The Hall–Kier alpha value is -2.36. The molecule has 0 radical (unpaired) electrons. The highest BCUT2D eigenvalue weighted by Gasteiger charge is 2.29. The summed E-state index contributed by atoms with van der Waals surface area (Å²) in [6.07, 6.45) is 2.39. The van der Waals surface area contributed by atoms with Gasteiger partial charge in [0.2, 0.25) is 21.8 Å². The average Bonchev–Trinajstić information content (AvgIpc) is 2.83. The molecule has 0 aliphatic heterocycles. The molecule has 0 heterocycles. The maximum atomic E-state index is 13.4. The lowest BCUT2D eigenvalue weighted by Crippen LogP contribution is -2.50. The number of hydrogen-bond acceptors (Lipinski definition) is 4. The fourth-order valence-electron chi connectivity index (χ4n) is 3.81. The molecule has 2 atom stereocenters. The van der Waals surface area contributed by atoms with Gasteiger partial charge in [-0.3, -0.25) is 13.9 Å². The number of carbonyl (C=O) groups is 2. The first-order valence-electron chi connectivity index (χ1n) is 12.1. The number of carbonyl (C=O) groups excluding carboxylic acids is 2. The van der Waals surface area contributed by atoms with E-state index >= 15 is 0 Å². The van der Waals surface area contributed by atoms with Gasteiger partial charge in [0.25, 0.3) is 0 Å². The van der Waals surface area contributed by atoms with Crippen LogP contribution in [-0.4, -0.2) is 50.0 Å². The Morgan fingerprint density at radius 3 is 2.22 bits per heavy atom. The van der Waals surface area contributed by atoms with Crippen molar-refractivity contribution < 1.29 is 22.4 Å². The molecule has 0 aromatic heterocycles. The number of benzene rings is 2. The number of nitrogens with one attached hydrogen (secondary N) is 1. The van der Waals surface area contributed by atoms with Gasteiger partial charge in [-0.15, -0.1) is 0 Å². The van der Waals surface area contributed by atoms with Gasteiger partial charge in [0.1, 0.15) is 11.9 Å². The minimum absolute atomic E-state index is 0.00163. The highest BCUT2D eigenvalue weighted by atomic mass is 35.5. The summed E-state index contributed by atoms with van der Waals surface area (Å²) in [5.74, 6) is -1.04. The molecule has 0 aliphatic rings. The van der Waals surface area contributed by atoms with Crippen molar-refractivity contribution in [1.82, 2.24) is 10.2 Å². The molecule has 0 spiro atoms. The number of sulfonamides is 1. The summed E-state index contributed by atoms with van der Waals surface area (Å²) < 4.78 is 39.2. The Labute approximate surface area is 229 Å². The lowest BCUT2D eigenvalue weighted by atomic mass is 10.1. The molecule has 0 fully saturated rings. The summed E-state index contributed by atoms with van der Waals surface area (Å²) in [4.78, 5) is 28.0. The smallest absolute Gasteiger partial charge is 0.243 e. The largest absolute Gasteiger partial charge is 0.352 e. The van der Waals surface area contributed by atoms with Gasteiger partial charge in [-0.05, 0) is 68.1 Å². The van der Waals surface area contributed by atoms with E-state index in [0.29, 0.717) is 27.7 Å². The van der Waals surface area contributed by atoms with Crippen molar-refractivity contribution in [2.45, 2.75) is 65.1 Å². The van der Waals surface area contributed by atoms with Gasteiger partial charge in [-0.25, -0.2) is 12.8 Å². The normalized spacial score (nSPS) is 13.1. The Morgan fingerprint density at radius 2 is 1.68 bits per heavy atom. The van der Waals surface area contributed by atoms with Crippen LogP contribution in [-0.2, 0) is 26.2 Å². The van der Waals surface area contributed by atoms with Gasteiger partial charge in [0.15, 0.2) is 0 Å². The third kappa shape index (κ3) is 9.16. The third-order valence-electron chi connectivity index (χ3n) is 5.99. The second kappa shape index (κ2) is 14.0. The maximum Gasteiger partial charge on any atom is 0.243 e. The van der Waals surface area contributed by atoms with Crippen molar-refractivity contribution in [3.05, 3.63) is 63.9 Å². The van der Waals surface area contributed by atoms with Crippen molar-refractivity contribution in [3.8, 4) is 0 Å². The van der Waals surface area contributed by atoms with Crippen LogP contribution in [0.15, 0.2) is 42.5 Å². The van der Waals surface area contributed by atoms with Gasteiger partial charge in [-0.1, -0.05) is 43.1 Å². The van der Waals surface area contributed by atoms with Crippen LogP contribution in [0.2, 0.25) is 10.0 Å². The third-order valence-corrected chi connectivity index (χ3v) is 7.92. The first-order valence-corrected chi connectivity index (χ1v) is 14.7. The summed E-state index contributed by atoms with van der Waals surface area (Å²) in [5.41, 5.74) is 1.02. The van der Waals surface area contributed by atoms with E-state index in [1.807, 2.05) is 20.8 Å². The molecule has 11 heteroatoms. The zero-order valence-electron chi connectivity index (χ0n) is 21.5. The van der Waals surface area contributed by atoms with Crippen molar-refractivity contribution in [1.29, 1.82) is 0 Å². The quantitative estimate of drug-likeness (QED) is 0.347. The minimum atomic E-state index is -3.66. The highest BCUT2D eigenvalue weighted by Crippen LogP contribution is 2.25. The first-order chi connectivity index (χ1) is 17.4. The lowest BCUT2D eigenvalue weighted by Gasteiger charge is -2.32. The first kappa shape index (κ1) is 30.9. The number of halogens is 3. The van der Waals surface area contributed by atoms with Gasteiger partial charge in [0, 0.05) is 25.6 Å². The van der Waals surface area contributed by atoms with Crippen LogP contribution in [0.4, 0.5) is 10.1 Å². The predicted molar refractivity (Wildman–Crippen MR) is 147 cm³/mol. The van der Waals surface area contributed by atoms with Crippen LogP contribution in [0.5, 0.6) is 0 Å². The number of anilines is 1. The molecular weight excluding hydrogens is 540 g/mol. The van der Waals surface area contributed by atoms with Crippen LogP contribution in [0.1, 0.15) is 52.0 Å². The fourth-order valence-corrected chi connectivity index (χ4v) is 5.09. The van der Waals surface area contributed by atoms with E-state index in [1.54, 1.807) is 18.2 Å². The Balaban J connectivity index is 2.24. The highest BCUT2D eigenvalue weighted by molar-refractivity contribution is 7.92. The monoisotopic (exact) mass is 573 g/mol. The van der Waals surface area contributed by atoms with E-state index in [0.717, 1.165) is 17.0 Å². The van der Waals surface area contributed by atoms with E-state index in [2.05, 4.69) is 5.32 Å². The second-order valence-electron chi connectivity index (χ2n) is 8.93. The molecule has 2 rings (SSSR count). The molecule has 2 aromatic carbocycles. The van der Waals surface area contributed by atoms with Gasteiger partial charge >= 0.3 is 0 Å². The maximum absolute atomic E-state index is 13.4. The van der Waals surface area contributed by atoms with Crippen molar-refractivity contribution in [3.63, 3.8) is 0 Å². The molecule has 204 valence electrons. The van der Waals surface area contributed by atoms with E-state index in [4.69, 9.17) is 23.2 Å². The molecule has 1 N–H and O–H groups in total. The summed E-state index contributed by atoms with van der Waals surface area (Å²) in [7, 11) is -3.66. The standard InChI is InChI=1S/C26H34Cl2FN3O4S/c1-5-18(3)30-26(34)24(6-2)31(17-19-9-14-22(27)23(28)16-19)25(33)8-7-15-32(37(4,35)36)21-12-10-20(29)11-13-21/h9-14,16,18,24H,5-8,15,17H2,1-4H3,(H,30,34)/t18-,24+/m0/s1. The molecule has 2 amide bonds. The zero-order valence-corrected chi connectivity index (χ0v) is 23.8. The Kier molecular flexibility index (Phi) is 11.7. The van der Waals surface area contributed by atoms with Crippen LogP contribution >= 0.6 is 23.2 Å². The predicted octanol–water partition coefficient (Wildman–Crippen LogP) is 5.40. The molecule has 2 aromatic rings. The van der Waals surface area contributed by atoms with Crippen LogP contribution in [0.3, 0.4) is 0 Å². The number of rotatable bonds is 13. The average molecular weight is 575 g/mol. The summed E-state index contributed by atoms with van der Waals surface area (Å²) in [6, 6.07) is 9.37. The van der Waals surface area contributed by atoms with Crippen molar-refractivity contribution >= 4 is 50.7 Å². The van der Waals surface area contributed by atoms with E-state index in [1.165, 1.54) is 29.2 Å². The fraction of sp³-hybridized carbons (Fsp3) is 0.462. The topological polar surface area (TPSA) is 86.8 Å². The number of amides is 2. The van der Waals surface area contributed by atoms with Crippen molar-refractivity contribution in [2.75, 3.05) is 17.1 Å². The van der Waals surface area contributed by atoms with Crippen LogP contribution < -0.4 is 9.62 Å². The number of hydrogen-bond donors (Lipinski definition) is 1. The Morgan fingerprint density at radius 1 is 1.03 bits per heavy atom. The second-order valence-corrected chi connectivity index (χ2v) is 11.6. The minimum Gasteiger partial charge on any atom is -0.352 e.